The Balaban J connectivity index is 2.26. The Bertz CT molecular complexity index is 691. The monoisotopic (exact) mass is 291 g/mol. The van der Waals surface area contributed by atoms with Crippen molar-refractivity contribution < 1.29 is 12.6 Å². The van der Waals surface area contributed by atoms with Gasteiger partial charge in [-0.25, -0.2) is 0 Å². The first-order valence-electron chi connectivity index (χ1n) is 6.28. The topological polar surface area (TPSA) is 69.4 Å². The molecular formula is C15H17NO3S. The van der Waals surface area contributed by atoms with Gasteiger partial charge in [-0.3, -0.25) is 0 Å². The lowest BCUT2D eigenvalue weighted by Crippen LogP contribution is -2.10. The Morgan fingerprint density at radius 2 is 1.70 bits per heavy atom. The predicted molar refractivity (Wildman–Crippen MR) is 79.2 cm³/mol. The van der Waals surface area contributed by atoms with E-state index in [1.165, 1.54) is 6.07 Å². The molecule has 4 nitrogen and oxygen atoms in total. The van der Waals surface area contributed by atoms with Gasteiger partial charge in [-0.1, -0.05) is 32.0 Å². The third-order valence-electron chi connectivity index (χ3n) is 2.90. The average Bonchev–Trinajstić information content (AvgIpc) is 2.38. The van der Waals surface area contributed by atoms with Gasteiger partial charge in [-0.2, -0.15) is 8.42 Å². The third-order valence-corrected chi connectivity index (χ3v) is 4.16. The summed E-state index contributed by atoms with van der Waals surface area (Å²) < 4.78 is 29.3. The minimum atomic E-state index is -3.83. The average molecular weight is 291 g/mol. The molecule has 0 spiro atoms. The van der Waals surface area contributed by atoms with Gasteiger partial charge in [-0.15, -0.1) is 0 Å². The van der Waals surface area contributed by atoms with Crippen molar-refractivity contribution >= 4 is 15.8 Å². The number of nitrogen functional groups attached to an aromatic ring is 1. The fourth-order valence-electron chi connectivity index (χ4n) is 1.76. The first kappa shape index (κ1) is 14.4. The highest BCUT2D eigenvalue weighted by Crippen LogP contribution is 2.22. The summed E-state index contributed by atoms with van der Waals surface area (Å²) in [5.74, 6) is 0.555. The molecule has 0 saturated heterocycles. The van der Waals surface area contributed by atoms with Crippen LogP contribution in [0.2, 0.25) is 0 Å². The molecule has 0 fully saturated rings. The molecule has 0 bridgehead atoms. The molecule has 0 saturated carbocycles. The Kier molecular flexibility index (Phi) is 3.99. The predicted octanol–water partition coefficient (Wildman–Crippen LogP) is 3.16. The van der Waals surface area contributed by atoms with Gasteiger partial charge in [0.25, 0.3) is 0 Å². The van der Waals surface area contributed by atoms with Gasteiger partial charge in [-0.05, 0) is 35.7 Å². The first-order valence-corrected chi connectivity index (χ1v) is 7.69. The van der Waals surface area contributed by atoms with Crippen molar-refractivity contribution in [2.24, 2.45) is 0 Å². The summed E-state index contributed by atoms with van der Waals surface area (Å²) in [6.07, 6.45) is 0. The molecule has 5 heteroatoms. The first-order chi connectivity index (χ1) is 9.38. The lowest BCUT2D eigenvalue weighted by atomic mass is 10.0. The molecule has 0 unspecified atom stereocenters. The van der Waals surface area contributed by atoms with E-state index in [1.54, 1.807) is 42.5 Å². The molecule has 2 rings (SSSR count). The smallest absolute Gasteiger partial charge is 0.339 e. The number of rotatable bonds is 4. The van der Waals surface area contributed by atoms with Crippen molar-refractivity contribution in [2.75, 3.05) is 5.73 Å². The van der Waals surface area contributed by atoms with Crippen molar-refractivity contribution in [1.82, 2.24) is 0 Å². The quantitative estimate of drug-likeness (QED) is 0.694. The molecule has 0 aliphatic carbocycles. The Morgan fingerprint density at radius 3 is 2.25 bits per heavy atom. The lowest BCUT2D eigenvalue weighted by Gasteiger charge is -2.09. The Morgan fingerprint density at radius 1 is 1.05 bits per heavy atom. The molecule has 0 aromatic heterocycles. The Hall–Kier alpha value is -2.01. The largest absolute Gasteiger partial charge is 0.399 e. The van der Waals surface area contributed by atoms with Crippen molar-refractivity contribution in [3.8, 4) is 5.75 Å². The highest BCUT2D eigenvalue weighted by molar-refractivity contribution is 7.87. The molecule has 0 aliphatic rings. The minimum absolute atomic E-state index is 0.129. The summed E-state index contributed by atoms with van der Waals surface area (Å²) in [4.78, 5) is 0.129. The maximum absolute atomic E-state index is 12.1. The molecule has 2 N–H and O–H groups in total. The summed E-state index contributed by atoms with van der Waals surface area (Å²) >= 11 is 0. The highest BCUT2D eigenvalue weighted by Gasteiger charge is 2.16. The van der Waals surface area contributed by atoms with Gasteiger partial charge < -0.3 is 9.92 Å². The van der Waals surface area contributed by atoms with Crippen LogP contribution in [-0.4, -0.2) is 8.42 Å². The molecule has 2 aromatic carbocycles. The van der Waals surface area contributed by atoms with E-state index in [9.17, 15) is 8.42 Å². The maximum Gasteiger partial charge on any atom is 0.339 e. The van der Waals surface area contributed by atoms with Crippen LogP contribution in [0.5, 0.6) is 5.75 Å². The molecule has 106 valence electrons. The molecule has 20 heavy (non-hydrogen) atoms. The zero-order chi connectivity index (χ0) is 14.8. The van der Waals surface area contributed by atoms with E-state index in [2.05, 4.69) is 0 Å². The van der Waals surface area contributed by atoms with Gasteiger partial charge in [0, 0.05) is 11.8 Å². The minimum Gasteiger partial charge on any atom is -0.399 e. The van der Waals surface area contributed by atoms with Crippen molar-refractivity contribution in [1.29, 1.82) is 0 Å². The molecule has 0 atom stereocenters. The molecule has 0 radical (unpaired) electrons. The number of nitrogens with two attached hydrogens (primary N) is 1. The highest BCUT2D eigenvalue weighted by atomic mass is 32.2. The maximum atomic E-state index is 12.1. The molecule has 0 heterocycles. The fraction of sp³-hybridized carbons (Fsp3) is 0.200. The van der Waals surface area contributed by atoms with E-state index < -0.39 is 10.1 Å². The normalized spacial score (nSPS) is 11.6. The van der Waals surface area contributed by atoms with E-state index in [1.807, 2.05) is 13.8 Å². The van der Waals surface area contributed by atoms with Crippen LogP contribution in [0, 0.1) is 0 Å². The summed E-state index contributed by atoms with van der Waals surface area (Å²) in [5.41, 5.74) is 7.12. The van der Waals surface area contributed by atoms with Gasteiger partial charge in [0.05, 0.1) is 0 Å². The molecule has 0 amide bonds. The summed E-state index contributed by atoms with van der Waals surface area (Å²) in [6.45, 7) is 4.10. The van der Waals surface area contributed by atoms with E-state index in [4.69, 9.17) is 9.92 Å². The van der Waals surface area contributed by atoms with Crippen LogP contribution in [0.3, 0.4) is 0 Å². The summed E-state index contributed by atoms with van der Waals surface area (Å²) in [5, 5.41) is 0. The number of benzene rings is 2. The van der Waals surface area contributed by atoms with E-state index in [-0.39, 0.29) is 10.6 Å². The van der Waals surface area contributed by atoms with Crippen molar-refractivity contribution in [3.05, 3.63) is 54.1 Å². The number of anilines is 1. The fourth-order valence-corrected chi connectivity index (χ4v) is 2.68. The molecule has 0 aliphatic heterocycles. The molecular weight excluding hydrogens is 274 g/mol. The number of hydrogen-bond donors (Lipinski definition) is 1. The van der Waals surface area contributed by atoms with Crippen molar-refractivity contribution in [3.63, 3.8) is 0 Å². The third kappa shape index (κ3) is 3.30. The van der Waals surface area contributed by atoms with Crippen LogP contribution in [0.25, 0.3) is 0 Å². The molecule has 2 aromatic rings. The van der Waals surface area contributed by atoms with Crippen LogP contribution in [-0.2, 0) is 10.1 Å². The van der Waals surface area contributed by atoms with Crippen LogP contribution in [0.15, 0.2) is 53.4 Å². The van der Waals surface area contributed by atoms with Crippen LogP contribution in [0.4, 0.5) is 5.69 Å². The van der Waals surface area contributed by atoms with Gasteiger partial charge in [0.15, 0.2) is 0 Å². The summed E-state index contributed by atoms with van der Waals surface area (Å²) in [7, 11) is -3.83. The standard InChI is InChI=1S/C15H17NO3S/c1-11(2)12-6-8-15(9-7-12)20(17,18)19-14-5-3-4-13(16)10-14/h3-11H,16H2,1-2H3. The SMILES string of the molecule is CC(C)c1ccc(S(=O)(=O)Oc2cccc(N)c2)cc1. The van der Waals surface area contributed by atoms with Gasteiger partial charge in [0.1, 0.15) is 10.6 Å². The zero-order valence-electron chi connectivity index (χ0n) is 11.4. The summed E-state index contributed by atoms with van der Waals surface area (Å²) in [6, 6.07) is 13.0. The van der Waals surface area contributed by atoms with Crippen LogP contribution < -0.4 is 9.92 Å². The van der Waals surface area contributed by atoms with E-state index in [0.29, 0.717) is 11.6 Å². The second-order valence-corrected chi connectivity index (χ2v) is 6.38. The van der Waals surface area contributed by atoms with Crippen molar-refractivity contribution in [2.45, 2.75) is 24.7 Å². The lowest BCUT2D eigenvalue weighted by molar-refractivity contribution is 0.486. The number of hydrogen-bond acceptors (Lipinski definition) is 4. The Labute approximate surface area is 119 Å². The second kappa shape index (κ2) is 5.54. The second-order valence-electron chi connectivity index (χ2n) is 4.83. The van der Waals surface area contributed by atoms with E-state index in [0.717, 1.165) is 5.56 Å². The van der Waals surface area contributed by atoms with Gasteiger partial charge in [0.2, 0.25) is 0 Å². The van der Waals surface area contributed by atoms with Crippen LogP contribution in [0.1, 0.15) is 25.3 Å². The van der Waals surface area contributed by atoms with E-state index >= 15 is 0 Å². The zero-order valence-corrected chi connectivity index (χ0v) is 12.2. The van der Waals surface area contributed by atoms with Crippen LogP contribution >= 0.6 is 0 Å². The van der Waals surface area contributed by atoms with Gasteiger partial charge >= 0.3 is 10.1 Å².